The number of hydrogen-bond acceptors (Lipinski definition) is 4. The van der Waals surface area contributed by atoms with Gasteiger partial charge in [-0.1, -0.05) is 0 Å². The van der Waals surface area contributed by atoms with Crippen LogP contribution in [-0.4, -0.2) is 53.8 Å². The second kappa shape index (κ2) is 4.29. The summed E-state index contributed by atoms with van der Waals surface area (Å²) in [5.74, 6) is -0.893. The van der Waals surface area contributed by atoms with Crippen LogP contribution in [0.15, 0.2) is 0 Å². The molecule has 2 aliphatic heterocycles. The maximum atomic E-state index is 11.7. The lowest BCUT2D eigenvalue weighted by Gasteiger charge is -2.38. The third kappa shape index (κ3) is 2.27. The third-order valence-corrected chi connectivity index (χ3v) is 3.20. The summed E-state index contributed by atoms with van der Waals surface area (Å²) in [6.07, 6.45) is 1.23. The van der Waals surface area contributed by atoms with Crippen molar-refractivity contribution in [1.82, 2.24) is 10.2 Å². The Labute approximate surface area is 93.6 Å². The van der Waals surface area contributed by atoms with E-state index in [0.29, 0.717) is 13.1 Å². The highest BCUT2D eigenvalue weighted by molar-refractivity contribution is 5.71. The quantitative estimate of drug-likeness (QED) is 0.712. The topological polar surface area (TPSA) is 78.9 Å². The number of carboxylic acids is 1. The van der Waals surface area contributed by atoms with Gasteiger partial charge in [0.2, 0.25) is 0 Å². The van der Waals surface area contributed by atoms with Crippen molar-refractivity contribution < 1.29 is 19.4 Å². The molecule has 16 heavy (non-hydrogen) atoms. The van der Waals surface area contributed by atoms with Crippen LogP contribution in [0.4, 0.5) is 4.79 Å². The molecule has 1 spiro atoms. The second-order valence-corrected chi connectivity index (χ2v) is 4.36. The van der Waals surface area contributed by atoms with Gasteiger partial charge in [-0.15, -0.1) is 0 Å². The second-order valence-electron chi connectivity index (χ2n) is 4.36. The number of carboxylic acid groups (broad SMARTS) is 1. The normalized spacial score (nSPS) is 29.5. The van der Waals surface area contributed by atoms with Crippen LogP contribution < -0.4 is 5.32 Å². The number of hydrogen-bond donors (Lipinski definition) is 2. The molecule has 2 rings (SSSR count). The molecule has 2 N–H and O–H groups in total. The van der Waals surface area contributed by atoms with Gasteiger partial charge in [0.15, 0.2) is 0 Å². The lowest BCUT2D eigenvalue weighted by atomic mass is 9.97. The molecule has 1 atom stereocenters. The minimum atomic E-state index is -0.893. The highest BCUT2D eigenvalue weighted by atomic mass is 16.6. The first-order chi connectivity index (χ1) is 7.61. The summed E-state index contributed by atoms with van der Waals surface area (Å²) in [4.78, 5) is 23.5. The molecule has 0 radical (unpaired) electrons. The molecule has 0 bridgehead atoms. The van der Waals surface area contributed by atoms with E-state index in [4.69, 9.17) is 9.84 Å². The van der Waals surface area contributed by atoms with E-state index in [2.05, 4.69) is 5.32 Å². The van der Waals surface area contributed by atoms with E-state index in [1.54, 1.807) is 0 Å². The molecule has 0 aromatic rings. The predicted molar refractivity (Wildman–Crippen MR) is 55.1 cm³/mol. The van der Waals surface area contributed by atoms with Crippen LogP contribution in [0.25, 0.3) is 0 Å². The van der Waals surface area contributed by atoms with E-state index in [9.17, 15) is 9.59 Å². The molecular weight excluding hydrogens is 212 g/mol. The first-order valence-electron chi connectivity index (χ1n) is 5.52. The Balaban J connectivity index is 1.87. The highest BCUT2D eigenvalue weighted by Gasteiger charge is 2.42. The lowest BCUT2D eigenvalue weighted by molar-refractivity contribution is -0.137. The standard InChI is InChI=1S/C10H16N2O4/c13-8(14)1-5-12-6-3-10(16-9(12)15)2-4-11-7-10/h11H,1-7H2,(H,13,14). The van der Waals surface area contributed by atoms with Crippen molar-refractivity contribution in [2.45, 2.75) is 24.9 Å². The average Bonchev–Trinajstić information content (AvgIpc) is 2.65. The largest absolute Gasteiger partial charge is 0.481 e. The number of amides is 1. The molecule has 0 aromatic heterocycles. The van der Waals surface area contributed by atoms with Gasteiger partial charge in [-0.05, 0) is 6.54 Å². The summed E-state index contributed by atoms with van der Waals surface area (Å²) < 4.78 is 5.41. The van der Waals surface area contributed by atoms with Gasteiger partial charge in [0.05, 0.1) is 6.42 Å². The van der Waals surface area contributed by atoms with Crippen molar-refractivity contribution in [3.05, 3.63) is 0 Å². The zero-order valence-corrected chi connectivity index (χ0v) is 9.07. The van der Waals surface area contributed by atoms with Crippen LogP contribution in [0.5, 0.6) is 0 Å². The maximum Gasteiger partial charge on any atom is 0.410 e. The van der Waals surface area contributed by atoms with Gasteiger partial charge >= 0.3 is 12.1 Å². The van der Waals surface area contributed by atoms with Crippen LogP contribution in [-0.2, 0) is 9.53 Å². The number of nitrogens with zero attached hydrogens (tertiary/aromatic N) is 1. The molecule has 0 aliphatic carbocycles. The summed E-state index contributed by atoms with van der Waals surface area (Å²) >= 11 is 0. The number of rotatable bonds is 3. The Morgan fingerprint density at radius 3 is 2.94 bits per heavy atom. The van der Waals surface area contributed by atoms with Gasteiger partial charge in [-0.3, -0.25) is 4.79 Å². The van der Waals surface area contributed by atoms with E-state index in [1.165, 1.54) is 4.90 Å². The van der Waals surface area contributed by atoms with Crippen LogP contribution in [0.3, 0.4) is 0 Å². The number of carbonyl (C=O) groups excluding carboxylic acids is 1. The summed E-state index contributed by atoms with van der Waals surface area (Å²) in [6, 6.07) is 0. The molecule has 6 nitrogen and oxygen atoms in total. The summed E-state index contributed by atoms with van der Waals surface area (Å²) in [7, 11) is 0. The Kier molecular flexibility index (Phi) is 3.00. The summed E-state index contributed by atoms with van der Waals surface area (Å²) in [5, 5.41) is 11.7. The van der Waals surface area contributed by atoms with Gasteiger partial charge in [0, 0.05) is 32.5 Å². The number of ether oxygens (including phenoxy) is 1. The molecule has 1 unspecified atom stereocenters. The predicted octanol–water partition coefficient (Wildman–Crippen LogP) is 0.0355. The van der Waals surface area contributed by atoms with E-state index < -0.39 is 5.97 Å². The van der Waals surface area contributed by atoms with Crippen molar-refractivity contribution in [1.29, 1.82) is 0 Å². The van der Waals surface area contributed by atoms with Gasteiger partial charge in [0.25, 0.3) is 0 Å². The molecule has 2 saturated heterocycles. The van der Waals surface area contributed by atoms with Gasteiger partial charge in [-0.25, -0.2) is 4.79 Å². The first kappa shape index (κ1) is 11.2. The van der Waals surface area contributed by atoms with E-state index in [1.807, 2.05) is 0 Å². The SMILES string of the molecule is O=C(O)CCN1CCC2(CCNC2)OC1=O. The van der Waals surface area contributed by atoms with Gasteiger partial charge in [0.1, 0.15) is 5.60 Å². The van der Waals surface area contributed by atoms with Crippen LogP contribution in [0.1, 0.15) is 19.3 Å². The Hall–Kier alpha value is -1.30. The molecule has 2 fully saturated rings. The zero-order valence-electron chi connectivity index (χ0n) is 9.07. The van der Waals surface area contributed by atoms with Crippen molar-refractivity contribution >= 4 is 12.1 Å². The smallest absolute Gasteiger partial charge is 0.410 e. The molecule has 90 valence electrons. The summed E-state index contributed by atoms with van der Waals surface area (Å²) in [6.45, 7) is 2.42. The molecule has 0 aromatic carbocycles. The number of carbonyl (C=O) groups is 2. The summed E-state index contributed by atoms with van der Waals surface area (Å²) in [5.41, 5.74) is -0.337. The molecular formula is C10H16N2O4. The monoisotopic (exact) mass is 228 g/mol. The van der Waals surface area contributed by atoms with E-state index in [0.717, 1.165) is 19.4 Å². The third-order valence-electron chi connectivity index (χ3n) is 3.20. The molecule has 2 aliphatic rings. The first-order valence-corrected chi connectivity index (χ1v) is 5.52. The fraction of sp³-hybridized carbons (Fsp3) is 0.800. The number of nitrogens with one attached hydrogen (secondary N) is 1. The van der Waals surface area contributed by atoms with Crippen LogP contribution in [0.2, 0.25) is 0 Å². The number of aliphatic carboxylic acids is 1. The zero-order chi connectivity index (χ0) is 11.6. The van der Waals surface area contributed by atoms with Crippen molar-refractivity contribution in [3.63, 3.8) is 0 Å². The van der Waals surface area contributed by atoms with E-state index in [-0.39, 0.29) is 24.7 Å². The fourth-order valence-corrected chi connectivity index (χ4v) is 2.19. The van der Waals surface area contributed by atoms with E-state index >= 15 is 0 Å². The van der Waals surface area contributed by atoms with Crippen molar-refractivity contribution in [2.24, 2.45) is 0 Å². The molecule has 6 heteroatoms. The van der Waals surface area contributed by atoms with Crippen LogP contribution >= 0.6 is 0 Å². The molecule has 2 heterocycles. The Bertz CT molecular complexity index is 299. The van der Waals surface area contributed by atoms with Crippen molar-refractivity contribution in [2.75, 3.05) is 26.2 Å². The molecule has 0 saturated carbocycles. The minimum absolute atomic E-state index is 0.0274. The molecule has 1 amide bonds. The fourth-order valence-electron chi connectivity index (χ4n) is 2.19. The lowest BCUT2D eigenvalue weighted by Crippen LogP contribution is -2.51. The van der Waals surface area contributed by atoms with Gasteiger partial charge in [-0.2, -0.15) is 0 Å². The maximum absolute atomic E-state index is 11.7. The minimum Gasteiger partial charge on any atom is -0.481 e. The van der Waals surface area contributed by atoms with Crippen molar-refractivity contribution in [3.8, 4) is 0 Å². The Morgan fingerprint density at radius 2 is 2.38 bits per heavy atom. The Morgan fingerprint density at radius 1 is 1.56 bits per heavy atom. The van der Waals surface area contributed by atoms with Crippen LogP contribution in [0, 0.1) is 0 Å². The van der Waals surface area contributed by atoms with Gasteiger partial charge < -0.3 is 20.1 Å². The highest BCUT2D eigenvalue weighted by Crippen LogP contribution is 2.29. The average molecular weight is 228 g/mol.